The Bertz CT molecular complexity index is 770. The molecule has 0 spiro atoms. The molecule has 0 aliphatic rings. The normalized spacial score (nSPS) is 10.6. The molecule has 1 heterocycles. The molecule has 0 radical (unpaired) electrons. The number of methoxy groups -OCH3 is 1. The summed E-state index contributed by atoms with van der Waals surface area (Å²) in [4.78, 5) is 4.36. The quantitative estimate of drug-likeness (QED) is 0.700. The lowest BCUT2D eigenvalue weighted by molar-refractivity contribution is 0.415. The highest BCUT2D eigenvalue weighted by Crippen LogP contribution is 2.29. The van der Waals surface area contributed by atoms with Gasteiger partial charge in [0.15, 0.2) is 0 Å². The zero-order valence-corrected chi connectivity index (χ0v) is 12.5. The fraction of sp³-hybridized carbons (Fsp3) is 0.0667. The highest BCUT2D eigenvalue weighted by molar-refractivity contribution is 6.42. The Morgan fingerprint density at radius 2 is 1.67 bits per heavy atom. The fourth-order valence-electron chi connectivity index (χ4n) is 1.83. The average Bonchev–Trinajstić information content (AvgIpc) is 3.00. The van der Waals surface area contributed by atoms with E-state index in [-0.39, 0.29) is 0 Å². The molecule has 0 unspecified atom stereocenters. The van der Waals surface area contributed by atoms with Crippen LogP contribution in [0.15, 0.2) is 47.0 Å². The number of benzene rings is 2. The van der Waals surface area contributed by atoms with Gasteiger partial charge in [0, 0.05) is 11.1 Å². The van der Waals surface area contributed by atoms with Gasteiger partial charge in [0.2, 0.25) is 5.82 Å². The molecule has 4 nitrogen and oxygen atoms in total. The zero-order valence-electron chi connectivity index (χ0n) is 11.0. The Morgan fingerprint density at radius 1 is 0.952 bits per heavy atom. The number of hydrogen-bond donors (Lipinski definition) is 0. The van der Waals surface area contributed by atoms with Gasteiger partial charge in [0.05, 0.1) is 17.2 Å². The first-order chi connectivity index (χ1) is 10.2. The van der Waals surface area contributed by atoms with Gasteiger partial charge in [-0.15, -0.1) is 0 Å². The smallest absolute Gasteiger partial charge is 0.258 e. The van der Waals surface area contributed by atoms with Crippen LogP contribution in [-0.2, 0) is 0 Å². The second-order valence-corrected chi connectivity index (χ2v) is 5.09. The van der Waals surface area contributed by atoms with Crippen LogP contribution in [-0.4, -0.2) is 17.3 Å². The van der Waals surface area contributed by atoms with Crippen molar-refractivity contribution < 1.29 is 9.26 Å². The van der Waals surface area contributed by atoms with E-state index in [4.69, 9.17) is 32.5 Å². The number of halogens is 2. The number of hydrogen-bond acceptors (Lipinski definition) is 4. The molecule has 2 aromatic carbocycles. The van der Waals surface area contributed by atoms with Crippen LogP contribution in [0.1, 0.15) is 0 Å². The second-order valence-electron chi connectivity index (χ2n) is 4.28. The third kappa shape index (κ3) is 2.86. The number of ether oxygens (including phenoxy) is 1. The number of nitrogens with zero attached hydrogens (tertiary/aromatic N) is 2. The molecule has 21 heavy (non-hydrogen) atoms. The minimum absolute atomic E-state index is 0.388. The molecule has 0 amide bonds. The van der Waals surface area contributed by atoms with Gasteiger partial charge < -0.3 is 9.26 Å². The van der Waals surface area contributed by atoms with Gasteiger partial charge in [0.25, 0.3) is 5.89 Å². The van der Waals surface area contributed by atoms with Crippen molar-refractivity contribution in [3.8, 4) is 28.6 Å². The minimum Gasteiger partial charge on any atom is -0.497 e. The van der Waals surface area contributed by atoms with Gasteiger partial charge in [0.1, 0.15) is 5.75 Å². The summed E-state index contributed by atoms with van der Waals surface area (Å²) in [5, 5.41) is 4.89. The largest absolute Gasteiger partial charge is 0.497 e. The molecule has 3 rings (SSSR count). The molecule has 0 saturated carbocycles. The number of rotatable bonds is 3. The molecule has 1 aromatic heterocycles. The molecule has 0 aliphatic carbocycles. The summed E-state index contributed by atoms with van der Waals surface area (Å²) in [6, 6.07) is 12.6. The van der Waals surface area contributed by atoms with E-state index in [2.05, 4.69) is 10.1 Å². The molecular formula is C15H10Cl2N2O2. The third-order valence-electron chi connectivity index (χ3n) is 2.94. The van der Waals surface area contributed by atoms with Crippen molar-refractivity contribution in [2.45, 2.75) is 0 Å². The lowest BCUT2D eigenvalue weighted by atomic mass is 10.2. The molecule has 106 valence electrons. The molecule has 0 bridgehead atoms. The fourth-order valence-corrected chi connectivity index (χ4v) is 2.13. The minimum atomic E-state index is 0.388. The summed E-state index contributed by atoms with van der Waals surface area (Å²) >= 11 is 11.9. The summed E-state index contributed by atoms with van der Waals surface area (Å²) in [6.07, 6.45) is 0. The molecule has 0 saturated heterocycles. The van der Waals surface area contributed by atoms with E-state index < -0.39 is 0 Å². The first-order valence-corrected chi connectivity index (χ1v) is 6.86. The van der Waals surface area contributed by atoms with Crippen molar-refractivity contribution in [3.63, 3.8) is 0 Å². The second kappa shape index (κ2) is 5.76. The Balaban J connectivity index is 1.93. The van der Waals surface area contributed by atoms with Crippen molar-refractivity contribution in [3.05, 3.63) is 52.5 Å². The summed E-state index contributed by atoms with van der Waals surface area (Å²) < 4.78 is 10.4. The molecule has 3 aromatic rings. The number of aromatic nitrogens is 2. The van der Waals surface area contributed by atoms with Crippen LogP contribution < -0.4 is 4.74 Å². The SMILES string of the molecule is COc1ccc(-c2noc(-c3ccc(Cl)c(Cl)c3)n2)cc1. The first-order valence-electron chi connectivity index (χ1n) is 6.11. The van der Waals surface area contributed by atoms with Crippen molar-refractivity contribution in [2.75, 3.05) is 7.11 Å². The van der Waals surface area contributed by atoms with Crippen LogP contribution in [0.25, 0.3) is 22.8 Å². The van der Waals surface area contributed by atoms with Gasteiger partial charge >= 0.3 is 0 Å². The molecular weight excluding hydrogens is 311 g/mol. The van der Waals surface area contributed by atoms with Gasteiger partial charge in [-0.05, 0) is 42.5 Å². The van der Waals surface area contributed by atoms with Gasteiger partial charge in [-0.1, -0.05) is 28.4 Å². The van der Waals surface area contributed by atoms with Crippen LogP contribution >= 0.6 is 23.2 Å². The lowest BCUT2D eigenvalue weighted by Gasteiger charge is -1.99. The molecule has 0 aliphatic heterocycles. The van der Waals surface area contributed by atoms with E-state index in [0.717, 1.165) is 16.9 Å². The van der Waals surface area contributed by atoms with E-state index >= 15 is 0 Å². The van der Waals surface area contributed by atoms with Crippen molar-refractivity contribution in [1.82, 2.24) is 10.1 Å². The van der Waals surface area contributed by atoms with E-state index in [1.54, 1.807) is 25.3 Å². The Kier molecular flexibility index (Phi) is 3.82. The standard InChI is InChI=1S/C15H10Cl2N2O2/c1-20-11-5-2-9(3-6-11)14-18-15(21-19-14)10-4-7-12(16)13(17)8-10/h2-8H,1H3. The van der Waals surface area contributed by atoms with Crippen LogP contribution in [0.3, 0.4) is 0 Å². The Morgan fingerprint density at radius 3 is 2.33 bits per heavy atom. The maximum atomic E-state index is 5.99. The summed E-state index contributed by atoms with van der Waals surface area (Å²) in [5.74, 6) is 1.66. The van der Waals surface area contributed by atoms with E-state index in [1.807, 2.05) is 24.3 Å². The molecule has 0 fully saturated rings. The van der Waals surface area contributed by atoms with Gasteiger partial charge in [-0.3, -0.25) is 0 Å². The van der Waals surface area contributed by atoms with Crippen molar-refractivity contribution in [2.24, 2.45) is 0 Å². The van der Waals surface area contributed by atoms with Gasteiger partial charge in [-0.25, -0.2) is 0 Å². The maximum absolute atomic E-state index is 5.99. The third-order valence-corrected chi connectivity index (χ3v) is 3.68. The molecule has 6 heteroatoms. The van der Waals surface area contributed by atoms with Crippen LogP contribution in [0, 0.1) is 0 Å². The molecule has 0 N–H and O–H groups in total. The lowest BCUT2D eigenvalue weighted by Crippen LogP contribution is -1.84. The summed E-state index contributed by atoms with van der Waals surface area (Å²) in [5.41, 5.74) is 1.56. The topological polar surface area (TPSA) is 48.2 Å². The molecule has 0 atom stereocenters. The monoisotopic (exact) mass is 320 g/mol. The van der Waals surface area contributed by atoms with Crippen molar-refractivity contribution >= 4 is 23.2 Å². The van der Waals surface area contributed by atoms with Crippen LogP contribution in [0.5, 0.6) is 5.75 Å². The van der Waals surface area contributed by atoms with E-state index in [0.29, 0.717) is 21.8 Å². The van der Waals surface area contributed by atoms with Crippen LogP contribution in [0.4, 0.5) is 0 Å². The van der Waals surface area contributed by atoms with E-state index in [9.17, 15) is 0 Å². The summed E-state index contributed by atoms with van der Waals surface area (Å²) in [6.45, 7) is 0. The Hall–Kier alpha value is -2.04. The highest BCUT2D eigenvalue weighted by atomic mass is 35.5. The zero-order chi connectivity index (χ0) is 14.8. The highest BCUT2D eigenvalue weighted by Gasteiger charge is 2.12. The van der Waals surface area contributed by atoms with Crippen LogP contribution in [0.2, 0.25) is 10.0 Å². The summed E-state index contributed by atoms with van der Waals surface area (Å²) in [7, 11) is 1.62. The average molecular weight is 321 g/mol. The van der Waals surface area contributed by atoms with Gasteiger partial charge in [-0.2, -0.15) is 4.98 Å². The first kappa shape index (κ1) is 13.9. The predicted molar refractivity (Wildman–Crippen MR) is 81.7 cm³/mol. The van der Waals surface area contributed by atoms with E-state index in [1.165, 1.54) is 0 Å². The maximum Gasteiger partial charge on any atom is 0.258 e. The van der Waals surface area contributed by atoms with Crippen molar-refractivity contribution in [1.29, 1.82) is 0 Å². The Labute approximate surface area is 131 Å². The predicted octanol–water partition coefficient (Wildman–Crippen LogP) is 4.72.